The standard InChI is InChI=1S/C84H123F34N3O8/c1-43(122)37-51(4,5)119-46(125)40-66(34,62(26,27)58(18,19)54(10,11)49(128)56(14,15)60(22,23)69(85,86)71(89,90)73(93,94)75(97,98)77(101,102)79(105,106)81(109,110)83(113,114)115)64(30,31)68(36,42-48(127)121-53(8,9)39-45(3)124)65(32,33)67(35,41-47(126)120-52(6,7)38-44(2)123)63(28,29)59(20,21)55(12,13)50(129)57(16,17)61(24,25)70(87,88)72(91,92)74(95,96)76(99,100)78(103,104)80(107,108)82(111,112)84(116,117)118/h37-42H2,1-36H3,(H,119,125)(H,120,126)(H,121,127)/t66-,67+,68?. The average Bonchev–Trinajstić information content (AvgIpc) is 0.681. The summed E-state index contributed by atoms with van der Waals surface area (Å²) >= 11 is 0. The van der Waals surface area contributed by atoms with E-state index in [0.29, 0.717) is 0 Å². The fourth-order valence-corrected chi connectivity index (χ4v) is 18.7. The van der Waals surface area contributed by atoms with Crippen LogP contribution in [0.15, 0.2) is 0 Å². The van der Waals surface area contributed by atoms with E-state index in [1.54, 1.807) is 0 Å². The summed E-state index contributed by atoms with van der Waals surface area (Å²) in [4.78, 5) is 118. The number of ketones is 5. The molecule has 0 aromatic rings. The molecular formula is C84H123F34N3O8. The number of rotatable bonds is 45. The van der Waals surface area contributed by atoms with Gasteiger partial charge in [0.15, 0.2) is 0 Å². The van der Waals surface area contributed by atoms with Gasteiger partial charge >= 0.3 is 95.3 Å². The van der Waals surface area contributed by atoms with Crippen LogP contribution >= 0.6 is 0 Å². The fourth-order valence-electron chi connectivity index (χ4n) is 18.7. The van der Waals surface area contributed by atoms with E-state index in [1.165, 1.54) is 118 Å². The Morgan fingerprint density at radius 3 is 0.450 bits per heavy atom. The second kappa shape index (κ2) is 33.7. The summed E-state index contributed by atoms with van der Waals surface area (Å²) in [6, 6.07) is 0. The smallest absolute Gasteiger partial charge is 0.351 e. The van der Waals surface area contributed by atoms with Gasteiger partial charge in [0.2, 0.25) is 17.7 Å². The predicted octanol–water partition coefficient (Wildman–Crippen LogP) is 26.3. The molecule has 0 saturated carbocycles. The highest BCUT2D eigenvalue weighted by Crippen LogP contribution is 2.80. The molecule has 0 aromatic carbocycles. The summed E-state index contributed by atoms with van der Waals surface area (Å²) in [5, 5.41) is 8.08. The Hall–Kier alpha value is -5.62. The van der Waals surface area contributed by atoms with Crippen molar-refractivity contribution in [3.8, 4) is 0 Å². The van der Waals surface area contributed by atoms with E-state index in [2.05, 4.69) is 16.0 Å². The second-order valence-electron chi connectivity index (χ2n) is 43.7. The van der Waals surface area contributed by atoms with Crippen LogP contribution in [-0.4, -0.2) is 159 Å². The molecule has 45 heteroatoms. The Morgan fingerprint density at radius 1 is 0.171 bits per heavy atom. The topological polar surface area (TPSA) is 173 Å². The molecule has 0 heterocycles. The average molecular weight is 1950 g/mol. The summed E-state index contributed by atoms with van der Waals surface area (Å²) in [6.45, 7) is 32.6. The molecule has 3 amide bonds. The summed E-state index contributed by atoms with van der Waals surface area (Å²) in [5.41, 5.74) is -48.2. The molecule has 0 radical (unpaired) electrons. The van der Waals surface area contributed by atoms with E-state index in [1.807, 2.05) is 0 Å². The van der Waals surface area contributed by atoms with Crippen LogP contribution < -0.4 is 16.0 Å². The third-order valence-electron chi connectivity index (χ3n) is 32.0. The van der Waals surface area contributed by atoms with Crippen LogP contribution in [0.4, 0.5) is 149 Å². The Bertz CT molecular complexity index is 3950. The lowest BCUT2D eigenvalue weighted by atomic mass is 9.30. The van der Waals surface area contributed by atoms with E-state index in [4.69, 9.17) is 0 Å². The molecule has 0 fully saturated rings. The number of carbonyl (C=O) groups excluding carboxylic acids is 8. The summed E-state index contributed by atoms with van der Waals surface area (Å²) in [7, 11) is 0. The van der Waals surface area contributed by atoms with Crippen LogP contribution in [0.5, 0.6) is 0 Å². The van der Waals surface area contributed by atoms with Crippen molar-refractivity contribution < 1.29 is 188 Å². The highest BCUT2D eigenvalue weighted by Gasteiger charge is 2.99. The van der Waals surface area contributed by atoms with Gasteiger partial charge < -0.3 is 16.0 Å². The molecule has 0 aliphatic heterocycles. The lowest BCUT2D eigenvalue weighted by Crippen LogP contribution is -2.76. The Balaban J connectivity index is 10.7. The van der Waals surface area contributed by atoms with Crippen molar-refractivity contribution in [1.82, 2.24) is 16.0 Å². The van der Waals surface area contributed by atoms with Crippen molar-refractivity contribution in [3.05, 3.63) is 0 Å². The van der Waals surface area contributed by atoms with Gasteiger partial charge in [-0.15, -0.1) is 0 Å². The highest BCUT2D eigenvalue weighted by atomic mass is 19.4. The highest BCUT2D eigenvalue weighted by molar-refractivity contribution is 5.92. The van der Waals surface area contributed by atoms with Crippen molar-refractivity contribution in [3.63, 3.8) is 0 Å². The first-order valence-corrected chi connectivity index (χ1v) is 39.8. The first-order valence-electron chi connectivity index (χ1n) is 39.8. The number of carbonyl (C=O) groups is 8. The minimum Gasteiger partial charge on any atom is -0.351 e. The summed E-state index contributed by atoms with van der Waals surface area (Å²) in [5.74, 6) is -129. The second-order valence-corrected chi connectivity index (χ2v) is 43.7. The van der Waals surface area contributed by atoms with Crippen molar-refractivity contribution in [2.45, 2.75) is 400 Å². The van der Waals surface area contributed by atoms with Gasteiger partial charge in [-0.2, -0.15) is 149 Å². The zero-order valence-electron chi connectivity index (χ0n) is 78.9. The van der Waals surface area contributed by atoms with E-state index in [-0.39, 0.29) is 55.4 Å². The molecule has 0 aliphatic rings. The van der Waals surface area contributed by atoms with Gasteiger partial charge in [0, 0.05) is 87.6 Å². The van der Waals surface area contributed by atoms with E-state index < -0.39 is 278 Å². The van der Waals surface area contributed by atoms with Gasteiger partial charge in [-0.3, -0.25) is 38.4 Å². The number of hydrogen-bond acceptors (Lipinski definition) is 8. The van der Waals surface area contributed by atoms with Crippen LogP contribution in [0, 0.1) is 81.2 Å². The Morgan fingerprint density at radius 2 is 0.302 bits per heavy atom. The SMILES string of the molecule is CC(=O)CC(C)(C)NC(=O)CC(C)(C(C)(C)[C@@](C)(CC(=O)NC(C)(C)CC(C)=O)C(C)(C)C(C)(C)C(C)(C)C(=O)C(C)(C)C(C)(C)C(F)(F)C(F)(F)C(F)(F)C(F)(F)C(F)(F)C(F)(F)C(F)(F)C(F)(F)F)C(C)(C)[C@](C)(CC(=O)NC(C)(C)CC(C)=O)C(C)(C)C(C)(C)C(C)(C)C(=O)C(C)(C)C(C)(C)C(F)(F)C(F)(F)C(F)(F)C(F)(F)C(F)(F)C(F)(F)C(F)(F)C(F)(F)F. The number of amides is 3. The number of alkyl halides is 34. The van der Waals surface area contributed by atoms with Gasteiger partial charge in [-0.25, -0.2) is 0 Å². The molecule has 760 valence electrons. The normalized spacial score (nSPS) is 17.4. The van der Waals surface area contributed by atoms with Crippen LogP contribution in [0.2, 0.25) is 0 Å². The minimum atomic E-state index is -9.06. The molecule has 0 rings (SSSR count). The molecule has 0 saturated heterocycles. The van der Waals surface area contributed by atoms with E-state index in [0.717, 1.165) is 76.2 Å². The number of Topliss-reactive ketones (excluding diaryl/α,β-unsaturated/α-hetero) is 5. The summed E-state index contributed by atoms with van der Waals surface area (Å²) < 4.78 is 512. The Labute approximate surface area is 729 Å². The largest absolute Gasteiger partial charge is 0.460 e. The third kappa shape index (κ3) is 17.8. The minimum absolute atomic E-state index is 0.232. The maximum Gasteiger partial charge on any atom is 0.460 e. The lowest BCUT2D eigenvalue weighted by molar-refractivity contribution is -0.466. The van der Waals surface area contributed by atoms with Crippen LogP contribution in [-0.2, 0) is 38.4 Å². The first kappa shape index (κ1) is 123. The van der Waals surface area contributed by atoms with E-state index in [9.17, 15) is 93.4 Å². The molecule has 0 bridgehead atoms. The number of nitrogens with one attached hydrogen (secondary N) is 3. The van der Waals surface area contributed by atoms with Gasteiger partial charge in [-0.05, 0) is 111 Å². The predicted molar refractivity (Wildman–Crippen MR) is 407 cm³/mol. The van der Waals surface area contributed by atoms with Crippen LogP contribution in [0.25, 0.3) is 0 Å². The van der Waals surface area contributed by atoms with Crippen molar-refractivity contribution in [1.29, 1.82) is 0 Å². The number of hydrogen-bond donors (Lipinski definition) is 3. The molecule has 0 aromatic heterocycles. The maximum absolute atomic E-state index is 17.2. The molecule has 3 N–H and O–H groups in total. The monoisotopic (exact) mass is 1950 g/mol. The first-order chi connectivity index (χ1) is 54.9. The van der Waals surface area contributed by atoms with Gasteiger partial charge in [0.1, 0.15) is 28.9 Å². The lowest BCUT2D eigenvalue weighted by Gasteiger charge is -2.73. The van der Waals surface area contributed by atoms with Crippen LogP contribution in [0.1, 0.15) is 288 Å². The molecule has 3 atom stereocenters. The van der Waals surface area contributed by atoms with Crippen molar-refractivity contribution in [2.24, 2.45) is 81.2 Å². The quantitative estimate of drug-likeness (QED) is 0.0506. The van der Waals surface area contributed by atoms with Crippen molar-refractivity contribution in [2.75, 3.05) is 0 Å². The van der Waals surface area contributed by atoms with Crippen molar-refractivity contribution >= 4 is 46.6 Å². The van der Waals surface area contributed by atoms with E-state index >= 15 is 94.2 Å². The molecule has 0 aliphatic carbocycles. The Kier molecular flexibility index (Phi) is 32.2. The molecule has 1 unspecified atom stereocenters. The zero-order chi connectivity index (χ0) is 106. The molecular weight excluding hydrogens is 1820 g/mol. The third-order valence-corrected chi connectivity index (χ3v) is 32.0. The van der Waals surface area contributed by atoms with Gasteiger partial charge in [-0.1, -0.05) is 187 Å². The molecule has 0 spiro atoms. The fraction of sp³-hybridized carbons (Fsp3) is 0.905. The molecule has 11 nitrogen and oxygen atoms in total. The number of halogens is 34. The van der Waals surface area contributed by atoms with Gasteiger partial charge in [0.25, 0.3) is 0 Å². The van der Waals surface area contributed by atoms with Crippen LogP contribution in [0.3, 0.4) is 0 Å². The van der Waals surface area contributed by atoms with Gasteiger partial charge in [0.05, 0.1) is 0 Å². The summed E-state index contributed by atoms with van der Waals surface area (Å²) in [6.07, 6.45) is -20.9. The molecule has 129 heavy (non-hydrogen) atoms. The maximum atomic E-state index is 17.2. The zero-order valence-corrected chi connectivity index (χ0v) is 78.9.